The van der Waals surface area contributed by atoms with Gasteiger partial charge in [0.15, 0.2) is 5.13 Å². The van der Waals surface area contributed by atoms with Crippen LogP contribution in [-0.2, 0) is 4.79 Å². The minimum Gasteiger partial charge on any atom is -0.497 e. The van der Waals surface area contributed by atoms with Gasteiger partial charge in [0.2, 0.25) is 5.91 Å². The molecule has 0 bridgehead atoms. The molecule has 144 valence electrons. The Hall–Kier alpha value is -3.43. The van der Waals surface area contributed by atoms with Crippen LogP contribution in [0.2, 0.25) is 0 Å². The zero-order chi connectivity index (χ0) is 19.9. The lowest BCUT2D eigenvalue weighted by atomic mass is 10.2. The summed E-state index contributed by atoms with van der Waals surface area (Å²) in [5.74, 6) is -0.0435. The number of anilines is 4. The van der Waals surface area contributed by atoms with E-state index in [2.05, 4.69) is 20.9 Å². The van der Waals surface area contributed by atoms with Gasteiger partial charge in [-0.1, -0.05) is 11.3 Å². The fourth-order valence-electron chi connectivity index (χ4n) is 2.28. The van der Waals surface area contributed by atoms with Crippen LogP contribution in [0.1, 0.15) is 10.4 Å². The SMILES string of the molecule is COc1ccc(Nc2ncc(NC(=O)c3ccc(NC(=O)CO)cc3)s2)cc1. The van der Waals surface area contributed by atoms with E-state index < -0.39 is 12.5 Å². The van der Waals surface area contributed by atoms with E-state index >= 15 is 0 Å². The molecule has 0 unspecified atom stereocenters. The van der Waals surface area contributed by atoms with Crippen molar-refractivity contribution in [3.8, 4) is 5.75 Å². The summed E-state index contributed by atoms with van der Waals surface area (Å²) in [6.45, 7) is -0.597. The van der Waals surface area contributed by atoms with Gasteiger partial charge in [0.1, 0.15) is 17.4 Å². The van der Waals surface area contributed by atoms with Crippen LogP contribution in [0.25, 0.3) is 0 Å². The molecule has 1 aromatic heterocycles. The summed E-state index contributed by atoms with van der Waals surface area (Å²) in [4.78, 5) is 27.7. The number of thiazole rings is 1. The number of hydrogen-bond acceptors (Lipinski definition) is 7. The van der Waals surface area contributed by atoms with Gasteiger partial charge in [-0.05, 0) is 48.5 Å². The van der Waals surface area contributed by atoms with Crippen LogP contribution in [0.3, 0.4) is 0 Å². The smallest absolute Gasteiger partial charge is 0.256 e. The number of nitrogens with one attached hydrogen (secondary N) is 3. The summed E-state index contributed by atoms with van der Waals surface area (Å²) in [5, 5.41) is 18.4. The summed E-state index contributed by atoms with van der Waals surface area (Å²) in [5.41, 5.74) is 1.79. The molecule has 4 N–H and O–H groups in total. The van der Waals surface area contributed by atoms with Gasteiger partial charge in [-0.25, -0.2) is 4.98 Å². The highest BCUT2D eigenvalue weighted by atomic mass is 32.1. The number of carbonyl (C=O) groups is 2. The molecule has 9 heteroatoms. The first kappa shape index (κ1) is 19.3. The molecule has 0 aliphatic heterocycles. The lowest BCUT2D eigenvalue weighted by Gasteiger charge is -2.05. The van der Waals surface area contributed by atoms with E-state index in [0.717, 1.165) is 11.4 Å². The summed E-state index contributed by atoms with van der Waals surface area (Å²) in [6.07, 6.45) is 1.57. The summed E-state index contributed by atoms with van der Waals surface area (Å²) >= 11 is 1.31. The Bertz CT molecular complexity index is 955. The maximum Gasteiger partial charge on any atom is 0.256 e. The first-order valence-corrected chi connectivity index (χ1v) is 9.08. The first-order chi connectivity index (χ1) is 13.6. The van der Waals surface area contributed by atoms with E-state index in [4.69, 9.17) is 9.84 Å². The Kier molecular flexibility index (Phi) is 6.20. The van der Waals surface area contributed by atoms with Crippen LogP contribution in [0.4, 0.5) is 21.5 Å². The second-order valence-corrected chi connectivity index (χ2v) is 6.65. The number of aliphatic hydroxyl groups excluding tert-OH is 1. The third-order valence-electron chi connectivity index (χ3n) is 3.66. The molecule has 0 saturated carbocycles. The predicted molar refractivity (Wildman–Crippen MR) is 109 cm³/mol. The van der Waals surface area contributed by atoms with Crippen molar-refractivity contribution >= 4 is 44.7 Å². The van der Waals surface area contributed by atoms with Crippen molar-refractivity contribution in [1.82, 2.24) is 4.98 Å². The minimum absolute atomic E-state index is 0.292. The van der Waals surface area contributed by atoms with Crippen LogP contribution in [0.15, 0.2) is 54.7 Å². The largest absolute Gasteiger partial charge is 0.497 e. The van der Waals surface area contributed by atoms with E-state index in [0.29, 0.717) is 21.4 Å². The molecule has 8 nitrogen and oxygen atoms in total. The number of carbonyl (C=O) groups excluding carboxylic acids is 2. The Morgan fingerprint density at radius 2 is 1.71 bits per heavy atom. The lowest BCUT2D eigenvalue weighted by Crippen LogP contribution is -2.15. The molecule has 0 atom stereocenters. The number of rotatable bonds is 7. The molecule has 0 fully saturated rings. The Balaban J connectivity index is 1.59. The lowest BCUT2D eigenvalue weighted by molar-refractivity contribution is -0.118. The Labute approximate surface area is 165 Å². The van der Waals surface area contributed by atoms with Crippen molar-refractivity contribution in [3.05, 3.63) is 60.3 Å². The monoisotopic (exact) mass is 398 g/mol. The number of benzene rings is 2. The molecule has 0 aliphatic carbocycles. The second-order valence-electron chi connectivity index (χ2n) is 5.62. The molecule has 28 heavy (non-hydrogen) atoms. The van der Waals surface area contributed by atoms with Gasteiger partial charge in [-0.3, -0.25) is 9.59 Å². The van der Waals surface area contributed by atoms with Crippen LogP contribution in [0, 0.1) is 0 Å². The average molecular weight is 398 g/mol. The normalized spacial score (nSPS) is 10.2. The fraction of sp³-hybridized carbons (Fsp3) is 0.105. The van der Waals surface area contributed by atoms with Crippen molar-refractivity contribution in [2.75, 3.05) is 29.7 Å². The summed E-state index contributed by atoms with van der Waals surface area (Å²) in [7, 11) is 1.61. The van der Waals surface area contributed by atoms with E-state index in [1.807, 2.05) is 24.3 Å². The Morgan fingerprint density at radius 1 is 1.04 bits per heavy atom. The number of ether oxygens (including phenoxy) is 1. The number of amides is 2. The van der Waals surface area contributed by atoms with E-state index in [-0.39, 0.29) is 5.91 Å². The molecule has 0 radical (unpaired) electrons. The van der Waals surface area contributed by atoms with Crippen LogP contribution < -0.4 is 20.7 Å². The van der Waals surface area contributed by atoms with Crippen molar-refractivity contribution in [2.45, 2.75) is 0 Å². The number of nitrogens with zero attached hydrogens (tertiary/aromatic N) is 1. The van der Waals surface area contributed by atoms with Gasteiger partial charge >= 0.3 is 0 Å². The third kappa shape index (κ3) is 5.06. The molecule has 2 aromatic carbocycles. The molecule has 2 amide bonds. The summed E-state index contributed by atoms with van der Waals surface area (Å²) < 4.78 is 5.12. The van der Waals surface area contributed by atoms with Crippen molar-refractivity contribution < 1.29 is 19.4 Å². The average Bonchev–Trinajstić information content (AvgIpc) is 3.15. The molecule has 0 spiro atoms. The zero-order valence-corrected chi connectivity index (χ0v) is 15.7. The highest BCUT2D eigenvalue weighted by molar-refractivity contribution is 7.19. The van der Waals surface area contributed by atoms with Gasteiger partial charge in [0.05, 0.1) is 13.3 Å². The number of hydrogen-bond donors (Lipinski definition) is 4. The highest BCUT2D eigenvalue weighted by Crippen LogP contribution is 2.27. The van der Waals surface area contributed by atoms with Crippen molar-refractivity contribution in [2.24, 2.45) is 0 Å². The molecule has 3 aromatic rings. The van der Waals surface area contributed by atoms with E-state index in [9.17, 15) is 9.59 Å². The standard InChI is InChI=1S/C19H18N4O4S/c1-27-15-8-6-14(7-9-15)22-19-20-10-17(28-19)23-18(26)12-2-4-13(5-3-12)21-16(25)11-24/h2-10,24H,11H2,1H3,(H,20,22)(H,21,25)(H,23,26). The maximum absolute atomic E-state index is 12.3. The van der Waals surface area contributed by atoms with E-state index in [1.165, 1.54) is 11.3 Å². The molecule has 0 saturated heterocycles. The van der Waals surface area contributed by atoms with Gasteiger partial charge < -0.3 is 25.8 Å². The molecule has 3 rings (SSSR count). The minimum atomic E-state index is -0.597. The van der Waals surface area contributed by atoms with Crippen LogP contribution in [0.5, 0.6) is 5.75 Å². The highest BCUT2D eigenvalue weighted by Gasteiger charge is 2.10. The predicted octanol–water partition coefficient (Wildman–Crippen LogP) is 3.08. The number of methoxy groups -OCH3 is 1. The fourth-order valence-corrected chi connectivity index (χ4v) is 3.01. The topological polar surface area (TPSA) is 113 Å². The van der Waals surface area contributed by atoms with Crippen molar-refractivity contribution in [1.29, 1.82) is 0 Å². The van der Waals surface area contributed by atoms with Crippen LogP contribution >= 0.6 is 11.3 Å². The van der Waals surface area contributed by atoms with Crippen LogP contribution in [-0.4, -0.2) is 35.6 Å². The molecular weight excluding hydrogens is 380 g/mol. The third-order valence-corrected chi connectivity index (χ3v) is 4.49. The van der Waals surface area contributed by atoms with Gasteiger partial charge in [-0.15, -0.1) is 0 Å². The number of aliphatic hydroxyl groups is 1. The van der Waals surface area contributed by atoms with Crippen molar-refractivity contribution in [3.63, 3.8) is 0 Å². The quantitative estimate of drug-likeness (QED) is 0.487. The molecular formula is C19H18N4O4S. The van der Waals surface area contributed by atoms with E-state index in [1.54, 1.807) is 37.6 Å². The van der Waals surface area contributed by atoms with Gasteiger partial charge in [0.25, 0.3) is 5.91 Å². The van der Waals surface area contributed by atoms with Gasteiger partial charge in [-0.2, -0.15) is 0 Å². The molecule has 1 heterocycles. The summed E-state index contributed by atoms with van der Waals surface area (Å²) in [6, 6.07) is 13.8. The maximum atomic E-state index is 12.3. The zero-order valence-electron chi connectivity index (χ0n) is 14.9. The first-order valence-electron chi connectivity index (χ1n) is 8.26. The number of aromatic nitrogens is 1. The Morgan fingerprint density at radius 3 is 2.36 bits per heavy atom. The second kappa shape index (κ2) is 8.98. The molecule has 0 aliphatic rings. The van der Waals surface area contributed by atoms with Gasteiger partial charge in [0, 0.05) is 16.9 Å².